The number of nitrogens with zero attached hydrogens (tertiary/aromatic N) is 1. The Hall–Kier alpha value is -1.20. The molecule has 1 aliphatic rings. The fourth-order valence-electron chi connectivity index (χ4n) is 2.86. The highest BCUT2D eigenvalue weighted by Crippen LogP contribution is 2.26. The number of aryl methyl sites for hydroxylation is 1. The van der Waals surface area contributed by atoms with Gasteiger partial charge in [-0.1, -0.05) is 26.0 Å². The first kappa shape index (κ1) is 17.2. The van der Waals surface area contributed by atoms with Crippen molar-refractivity contribution in [2.75, 3.05) is 13.2 Å². The van der Waals surface area contributed by atoms with Crippen molar-refractivity contribution in [3.05, 3.63) is 27.7 Å². The Morgan fingerprint density at radius 3 is 2.91 bits per heavy atom. The lowest BCUT2D eigenvalue weighted by Crippen LogP contribution is -2.33. The standard InChI is InChI=1S/C17H26N2O2S/c1-10(2)8-14-16(22-12(5)19-14)17(20)18-9-13-6-7-21-15(13)11(3)4/h10,13,15H,3,6-9H2,1-2,4-5H3,(H,18,20). The van der Waals surface area contributed by atoms with Gasteiger partial charge in [-0.05, 0) is 32.6 Å². The van der Waals surface area contributed by atoms with Crippen LogP contribution in [0.25, 0.3) is 0 Å². The van der Waals surface area contributed by atoms with Crippen LogP contribution in [0.15, 0.2) is 12.2 Å². The van der Waals surface area contributed by atoms with E-state index < -0.39 is 0 Å². The Kier molecular flexibility index (Phi) is 5.75. The highest BCUT2D eigenvalue weighted by Gasteiger charge is 2.29. The molecule has 22 heavy (non-hydrogen) atoms. The van der Waals surface area contributed by atoms with E-state index in [9.17, 15) is 4.79 Å². The smallest absolute Gasteiger partial charge is 0.263 e. The summed E-state index contributed by atoms with van der Waals surface area (Å²) in [6.07, 6.45) is 1.88. The van der Waals surface area contributed by atoms with Gasteiger partial charge in [0.25, 0.3) is 5.91 Å². The summed E-state index contributed by atoms with van der Waals surface area (Å²) in [5.41, 5.74) is 1.96. The van der Waals surface area contributed by atoms with E-state index in [0.717, 1.165) is 40.6 Å². The van der Waals surface area contributed by atoms with Gasteiger partial charge in [0.1, 0.15) is 4.88 Å². The fraction of sp³-hybridized carbons (Fsp3) is 0.647. The van der Waals surface area contributed by atoms with Gasteiger partial charge in [-0.2, -0.15) is 0 Å². The molecule has 5 heteroatoms. The quantitative estimate of drug-likeness (QED) is 0.817. The summed E-state index contributed by atoms with van der Waals surface area (Å²) >= 11 is 1.48. The minimum Gasteiger partial charge on any atom is -0.374 e. The van der Waals surface area contributed by atoms with E-state index >= 15 is 0 Å². The molecule has 2 atom stereocenters. The molecule has 1 amide bonds. The van der Waals surface area contributed by atoms with Crippen molar-refractivity contribution in [2.45, 2.75) is 46.6 Å². The summed E-state index contributed by atoms with van der Waals surface area (Å²) < 4.78 is 5.68. The van der Waals surface area contributed by atoms with Crippen LogP contribution in [0.5, 0.6) is 0 Å². The first-order valence-electron chi connectivity index (χ1n) is 7.90. The zero-order chi connectivity index (χ0) is 16.3. The Labute approximate surface area is 137 Å². The van der Waals surface area contributed by atoms with Crippen LogP contribution < -0.4 is 5.32 Å². The average molecular weight is 322 g/mol. The highest BCUT2D eigenvalue weighted by atomic mass is 32.1. The Morgan fingerprint density at radius 1 is 1.55 bits per heavy atom. The number of aromatic nitrogens is 1. The van der Waals surface area contributed by atoms with Gasteiger partial charge in [0.05, 0.1) is 16.8 Å². The molecular formula is C17H26N2O2S. The van der Waals surface area contributed by atoms with Gasteiger partial charge >= 0.3 is 0 Å². The molecule has 0 bridgehead atoms. The minimum absolute atomic E-state index is 0.00591. The molecule has 1 aliphatic heterocycles. The highest BCUT2D eigenvalue weighted by molar-refractivity contribution is 7.13. The summed E-state index contributed by atoms with van der Waals surface area (Å²) in [4.78, 5) is 17.8. The van der Waals surface area contributed by atoms with Gasteiger partial charge in [-0.25, -0.2) is 4.98 Å². The van der Waals surface area contributed by atoms with Crippen molar-refractivity contribution in [1.82, 2.24) is 10.3 Å². The number of hydrogen-bond donors (Lipinski definition) is 1. The van der Waals surface area contributed by atoms with E-state index in [1.54, 1.807) is 0 Å². The minimum atomic E-state index is -0.00591. The molecule has 0 radical (unpaired) electrons. The summed E-state index contributed by atoms with van der Waals surface area (Å²) in [6.45, 7) is 13.6. The molecule has 4 nitrogen and oxygen atoms in total. The maximum absolute atomic E-state index is 12.5. The fourth-order valence-corrected chi connectivity index (χ4v) is 3.73. The van der Waals surface area contributed by atoms with E-state index in [1.807, 2.05) is 13.8 Å². The van der Waals surface area contributed by atoms with Crippen molar-refractivity contribution in [1.29, 1.82) is 0 Å². The van der Waals surface area contributed by atoms with Crippen molar-refractivity contribution in [3.8, 4) is 0 Å². The second-order valence-electron chi connectivity index (χ2n) is 6.50. The van der Waals surface area contributed by atoms with Gasteiger partial charge in [-0.3, -0.25) is 4.79 Å². The molecule has 1 fully saturated rings. The lowest BCUT2D eigenvalue weighted by atomic mass is 9.97. The molecule has 122 valence electrons. The molecule has 1 saturated heterocycles. The largest absolute Gasteiger partial charge is 0.374 e. The average Bonchev–Trinajstić information content (AvgIpc) is 3.02. The number of nitrogens with one attached hydrogen (secondary N) is 1. The van der Waals surface area contributed by atoms with Crippen LogP contribution in [0, 0.1) is 18.8 Å². The Morgan fingerprint density at radius 2 is 2.27 bits per heavy atom. The second-order valence-corrected chi connectivity index (χ2v) is 7.71. The van der Waals surface area contributed by atoms with Gasteiger partial charge in [0.2, 0.25) is 0 Å². The van der Waals surface area contributed by atoms with Crippen molar-refractivity contribution in [2.24, 2.45) is 11.8 Å². The predicted molar refractivity (Wildman–Crippen MR) is 90.4 cm³/mol. The van der Waals surface area contributed by atoms with Crippen LogP contribution in [0.1, 0.15) is 47.6 Å². The molecule has 1 aromatic heterocycles. The number of carbonyl (C=O) groups excluding carboxylic acids is 1. The number of rotatable bonds is 6. The van der Waals surface area contributed by atoms with Crippen LogP contribution in [-0.4, -0.2) is 30.1 Å². The van der Waals surface area contributed by atoms with E-state index in [1.165, 1.54) is 11.3 Å². The molecule has 2 rings (SSSR count). The molecule has 0 saturated carbocycles. The van der Waals surface area contributed by atoms with E-state index in [0.29, 0.717) is 18.4 Å². The van der Waals surface area contributed by atoms with Crippen LogP contribution in [0.4, 0.5) is 0 Å². The summed E-state index contributed by atoms with van der Waals surface area (Å²) in [7, 11) is 0. The predicted octanol–water partition coefficient (Wildman–Crippen LogP) is 3.36. The molecule has 2 heterocycles. The third-order valence-corrected chi connectivity index (χ3v) is 4.85. The zero-order valence-electron chi connectivity index (χ0n) is 13.9. The lowest BCUT2D eigenvalue weighted by Gasteiger charge is -2.19. The molecule has 0 aromatic carbocycles. The van der Waals surface area contributed by atoms with E-state index in [-0.39, 0.29) is 12.0 Å². The van der Waals surface area contributed by atoms with Gasteiger partial charge in [0.15, 0.2) is 0 Å². The Balaban J connectivity index is 1.99. The van der Waals surface area contributed by atoms with Crippen molar-refractivity contribution >= 4 is 17.2 Å². The summed E-state index contributed by atoms with van der Waals surface area (Å²) in [5.74, 6) is 0.807. The van der Waals surface area contributed by atoms with E-state index in [4.69, 9.17) is 4.74 Å². The van der Waals surface area contributed by atoms with Crippen LogP contribution in [-0.2, 0) is 11.2 Å². The van der Waals surface area contributed by atoms with Crippen molar-refractivity contribution in [3.63, 3.8) is 0 Å². The molecule has 0 aliphatic carbocycles. The first-order chi connectivity index (χ1) is 10.4. The normalized spacial score (nSPS) is 21.3. The molecule has 1 aromatic rings. The Bertz CT molecular complexity index is 551. The number of carbonyl (C=O) groups is 1. The topological polar surface area (TPSA) is 51.2 Å². The first-order valence-corrected chi connectivity index (χ1v) is 8.71. The molecule has 2 unspecified atom stereocenters. The molecular weight excluding hydrogens is 296 g/mol. The van der Waals surface area contributed by atoms with Gasteiger partial charge < -0.3 is 10.1 Å². The summed E-state index contributed by atoms with van der Waals surface area (Å²) in [5, 5.41) is 4.01. The van der Waals surface area contributed by atoms with Crippen LogP contribution in [0.2, 0.25) is 0 Å². The maximum atomic E-state index is 12.5. The number of thiazole rings is 1. The number of hydrogen-bond acceptors (Lipinski definition) is 4. The maximum Gasteiger partial charge on any atom is 0.263 e. The number of amides is 1. The van der Waals surface area contributed by atoms with Crippen molar-refractivity contribution < 1.29 is 9.53 Å². The van der Waals surface area contributed by atoms with Gasteiger partial charge in [0, 0.05) is 19.1 Å². The third kappa shape index (κ3) is 4.17. The lowest BCUT2D eigenvalue weighted by molar-refractivity contribution is 0.0928. The third-order valence-electron chi connectivity index (χ3n) is 3.84. The van der Waals surface area contributed by atoms with Crippen LogP contribution in [0.3, 0.4) is 0 Å². The van der Waals surface area contributed by atoms with Crippen LogP contribution >= 0.6 is 11.3 Å². The number of ether oxygens (including phenoxy) is 1. The SMILES string of the molecule is C=C(C)C1OCCC1CNC(=O)c1sc(C)nc1CC(C)C. The molecule has 0 spiro atoms. The van der Waals surface area contributed by atoms with E-state index in [2.05, 4.69) is 30.7 Å². The van der Waals surface area contributed by atoms with Gasteiger partial charge in [-0.15, -0.1) is 11.3 Å². The monoisotopic (exact) mass is 322 g/mol. The molecule has 1 N–H and O–H groups in total. The second kappa shape index (κ2) is 7.38. The zero-order valence-corrected chi connectivity index (χ0v) is 14.8. The summed E-state index contributed by atoms with van der Waals surface area (Å²) in [6, 6.07) is 0.